The van der Waals surface area contributed by atoms with Gasteiger partial charge in [0.05, 0.1) is 25.5 Å². The topological polar surface area (TPSA) is 112 Å². The molecule has 0 aliphatic rings. The van der Waals surface area contributed by atoms with Gasteiger partial charge in [0.1, 0.15) is 0 Å². The monoisotopic (exact) mass is 494 g/mol. The van der Waals surface area contributed by atoms with E-state index in [1.807, 2.05) is 0 Å². The van der Waals surface area contributed by atoms with Crippen molar-refractivity contribution in [2.45, 2.75) is 13.8 Å². The van der Waals surface area contributed by atoms with E-state index in [-0.39, 0.29) is 49.8 Å². The van der Waals surface area contributed by atoms with Crippen LogP contribution in [0.15, 0.2) is 36.5 Å². The van der Waals surface area contributed by atoms with Crippen molar-refractivity contribution >= 4 is 27.0 Å². The predicted octanol–water partition coefficient (Wildman–Crippen LogP) is 3.32. The molecular formula is C20H36N2O8P2. The molecule has 0 aromatic heterocycles. The zero-order chi connectivity index (χ0) is 24.9. The molecule has 0 aromatic carbocycles. The highest BCUT2D eigenvalue weighted by Gasteiger charge is 2.31. The van der Waals surface area contributed by atoms with Crippen LogP contribution >= 0.6 is 15.0 Å². The number of rotatable bonds is 16. The number of carbonyl (C=O) groups is 2. The van der Waals surface area contributed by atoms with Crippen molar-refractivity contribution in [1.82, 2.24) is 9.34 Å². The minimum Gasteiger partial charge on any atom is -0.463 e. The third-order valence-electron chi connectivity index (χ3n) is 4.43. The van der Waals surface area contributed by atoms with Crippen LogP contribution in [0.2, 0.25) is 0 Å². The predicted molar refractivity (Wildman–Crippen MR) is 125 cm³/mol. The van der Waals surface area contributed by atoms with Gasteiger partial charge in [0.15, 0.2) is 0 Å². The van der Waals surface area contributed by atoms with E-state index in [4.69, 9.17) is 18.5 Å². The SMILES string of the molecule is C=C(CP(=O)(OC)N(C)C/C=C\CN(C)P(=O)(CC(=C)C(=O)OCC)OC)C(=O)OCC. The molecule has 0 amide bonds. The van der Waals surface area contributed by atoms with E-state index in [1.165, 1.54) is 23.6 Å². The van der Waals surface area contributed by atoms with Crippen LogP contribution in [0.3, 0.4) is 0 Å². The van der Waals surface area contributed by atoms with E-state index < -0.39 is 27.0 Å². The first-order valence-electron chi connectivity index (χ1n) is 9.98. The van der Waals surface area contributed by atoms with E-state index in [9.17, 15) is 18.7 Å². The van der Waals surface area contributed by atoms with E-state index in [0.29, 0.717) is 0 Å². The maximum atomic E-state index is 13.0. The maximum Gasteiger partial charge on any atom is 0.334 e. The maximum absolute atomic E-state index is 13.0. The molecule has 12 heteroatoms. The molecule has 0 aromatic rings. The Bertz CT molecular complexity index is 732. The molecule has 184 valence electrons. The first-order chi connectivity index (χ1) is 14.9. The second-order valence-corrected chi connectivity index (χ2v) is 12.0. The standard InChI is InChI=1S/C20H36N2O8P2/c1-9-29-19(23)17(3)15-31(25,27-7)21(5)13-11-12-14-22(6)32(26,28-8)16-18(4)20(24)30-10-2/h11-12H,3-4,9-10,13-16H2,1-2,5-8H3/b12-11-. The first-order valence-corrected chi connectivity index (χ1v) is 13.5. The summed E-state index contributed by atoms with van der Waals surface area (Å²) in [6.07, 6.45) is 3.10. The molecule has 0 saturated heterocycles. The largest absolute Gasteiger partial charge is 0.463 e. The Hall–Kier alpha value is -1.54. The van der Waals surface area contributed by atoms with Crippen molar-refractivity contribution in [1.29, 1.82) is 0 Å². The Balaban J connectivity index is 4.98. The van der Waals surface area contributed by atoms with Crippen LogP contribution in [0.4, 0.5) is 0 Å². The second kappa shape index (κ2) is 14.6. The lowest BCUT2D eigenvalue weighted by Gasteiger charge is -2.27. The number of esters is 2. The van der Waals surface area contributed by atoms with Gasteiger partial charge < -0.3 is 18.5 Å². The van der Waals surface area contributed by atoms with Crippen molar-refractivity contribution in [3.8, 4) is 0 Å². The number of hydrogen-bond donors (Lipinski definition) is 0. The lowest BCUT2D eigenvalue weighted by atomic mass is 10.4. The average molecular weight is 494 g/mol. The molecule has 0 spiro atoms. The highest BCUT2D eigenvalue weighted by atomic mass is 31.2. The van der Waals surface area contributed by atoms with Gasteiger partial charge in [-0.05, 0) is 27.9 Å². The van der Waals surface area contributed by atoms with Gasteiger partial charge in [0, 0.05) is 38.5 Å². The van der Waals surface area contributed by atoms with E-state index in [2.05, 4.69) is 13.2 Å². The van der Waals surface area contributed by atoms with Crippen LogP contribution in [0.5, 0.6) is 0 Å². The number of hydrogen-bond acceptors (Lipinski definition) is 8. The molecule has 0 radical (unpaired) electrons. The molecular weight excluding hydrogens is 458 g/mol. The summed E-state index contributed by atoms with van der Waals surface area (Å²) in [6.45, 7) is 11.5. The van der Waals surface area contributed by atoms with Crippen molar-refractivity contribution in [2.75, 3.05) is 66.9 Å². The molecule has 0 N–H and O–H groups in total. The van der Waals surface area contributed by atoms with Crippen LogP contribution in [0.1, 0.15) is 13.8 Å². The van der Waals surface area contributed by atoms with E-state index in [0.717, 1.165) is 0 Å². The van der Waals surface area contributed by atoms with Gasteiger partial charge in [-0.3, -0.25) is 9.13 Å². The summed E-state index contributed by atoms with van der Waals surface area (Å²) < 4.78 is 49.2. The van der Waals surface area contributed by atoms with E-state index in [1.54, 1.807) is 40.1 Å². The minimum absolute atomic E-state index is 0.0652. The van der Waals surface area contributed by atoms with E-state index >= 15 is 0 Å². The summed E-state index contributed by atoms with van der Waals surface area (Å²) in [5, 5.41) is 0. The number of carbonyl (C=O) groups excluding carboxylic acids is 2. The molecule has 0 fully saturated rings. The van der Waals surface area contributed by atoms with Crippen molar-refractivity contribution in [3.63, 3.8) is 0 Å². The minimum atomic E-state index is -3.34. The van der Waals surface area contributed by atoms with Crippen molar-refractivity contribution < 1.29 is 37.2 Å². The summed E-state index contributed by atoms with van der Waals surface area (Å²) in [5.74, 6) is -1.23. The average Bonchev–Trinajstić information content (AvgIpc) is 2.76. The first kappa shape index (κ1) is 30.5. The number of ether oxygens (including phenoxy) is 2. The van der Waals surface area contributed by atoms with Crippen LogP contribution in [-0.2, 0) is 37.2 Å². The van der Waals surface area contributed by atoms with Gasteiger partial charge in [-0.15, -0.1) is 0 Å². The Kier molecular flexibility index (Phi) is 13.9. The van der Waals surface area contributed by atoms with Crippen molar-refractivity contribution in [2.24, 2.45) is 0 Å². The molecule has 0 aliphatic carbocycles. The molecule has 2 atom stereocenters. The summed E-state index contributed by atoms with van der Waals surface area (Å²) in [6, 6.07) is 0. The Morgan fingerprint density at radius 2 is 1.09 bits per heavy atom. The van der Waals surface area contributed by atoms with Gasteiger partial charge in [-0.25, -0.2) is 18.9 Å². The smallest absolute Gasteiger partial charge is 0.334 e. The lowest BCUT2D eigenvalue weighted by Crippen LogP contribution is -2.22. The van der Waals surface area contributed by atoms with Crippen LogP contribution in [0.25, 0.3) is 0 Å². The summed E-state index contributed by atoms with van der Waals surface area (Å²) in [4.78, 5) is 23.5. The van der Waals surface area contributed by atoms with Crippen LogP contribution < -0.4 is 0 Å². The van der Waals surface area contributed by atoms with Crippen LogP contribution in [-0.4, -0.2) is 88.2 Å². The molecule has 32 heavy (non-hydrogen) atoms. The Labute approximate surface area is 191 Å². The van der Waals surface area contributed by atoms with Gasteiger partial charge in [0.2, 0.25) is 0 Å². The van der Waals surface area contributed by atoms with Crippen LogP contribution in [0, 0.1) is 0 Å². The molecule has 0 bridgehead atoms. The second-order valence-electron chi connectivity index (χ2n) is 6.76. The fourth-order valence-corrected chi connectivity index (χ4v) is 5.64. The normalized spacial score (nSPS) is 15.4. The molecule has 0 saturated carbocycles. The quantitative estimate of drug-likeness (QED) is 0.137. The molecule has 0 heterocycles. The lowest BCUT2D eigenvalue weighted by molar-refractivity contribution is -0.139. The third kappa shape index (κ3) is 9.53. The summed E-state index contributed by atoms with van der Waals surface area (Å²) >= 11 is 0. The van der Waals surface area contributed by atoms with Gasteiger partial charge >= 0.3 is 11.9 Å². The third-order valence-corrected chi connectivity index (χ3v) is 9.54. The Morgan fingerprint density at radius 3 is 1.34 bits per heavy atom. The summed E-state index contributed by atoms with van der Waals surface area (Å²) in [5.41, 5.74) is 0.130. The van der Waals surface area contributed by atoms with Gasteiger partial charge in [-0.2, -0.15) is 0 Å². The number of nitrogens with zero attached hydrogens (tertiary/aromatic N) is 2. The zero-order valence-electron chi connectivity index (χ0n) is 19.9. The highest BCUT2D eigenvalue weighted by molar-refractivity contribution is 7.57. The molecule has 0 aliphatic heterocycles. The summed E-state index contributed by atoms with van der Waals surface area (Å²) in [7, 11) is -0.874. The zero-order valence-corrected chi connectivity index (χ0v) is 21.7. The van der Waals surface area contributed by atoms with Crippen molar-refractivity contribution in [3.05, 3.63) is 36.5 Å². The highest BCUT2D eigenvalue weighted by Crippen LogP contribution is 2.51. The van der Waals surface area contributed by atoms with Gasteiger partial charge in [0.25, 0.3) is 15.0 Å². The molecule has 2 unspecified atom stereocenters. The molecule has 10 nitrogen and oxygen atoms in total. The Morgan fingerprint density at radius 1 is 0.781 bits per heavy atom. The fourth-order valence-electron chi connectivity index (χ4n) is 2.43. The molecule has 0 rings (SSSR count). The fraction of sp³-hybridized carbons (Fsp3) is 0.600. The van der Waals surface area contributed by atoms with Gasteiger partial charge in [-0.1, -0.05) is 25.3 Å². The number of likely N-dealkylation sites (N-methyl/N-ethyl adjacent to an activating group) is 2.